The smallest absolute Gasteiger partial charge is 0.273 e. The minimum absolute atomic E-state index is 0.107. The minimum atomic E-state index is -0.363. The molecule has 123 valence electrons. The predicted octanol–water partition coefficient (Wildman–Crippen LogP) is 4.12. The molecule has 0 fully saturated rings. The molecule has 1 aliphatic heterocycles. The number of aromatic nitrogens is 1. The number of aryl methyl sites for hydroxylation is 1. The molecule has 0 aliphatic carbocycles. The second-order valence-electron chi connectivity index (χ2n) is 5.99. The van der Waals surface area contributed by atoms with E-state index in [-0.39, 0.29) is 10.6 Å². The summed E-state index contributed by atoms with van der Waals surface area (Å²) in [4.78, 5) is 13.9. The molecule has 5 nitrogen and oxygen atoms in total. The van der Waals surface area contributed by atoms with Crippen LogP contribution < -0.4 is 4.74 Å². The van der Waals surface area contributed by atoms with Crippen molar-refractivity contribution in [3.63, 3.8) is 0 Å². The summed E-state index contributed by atoms with van der Waals surface area (Å²) < 4.78 is 5.58. The van der Waals surface area contributed by atoms with E-state index in [1.807, 2.05) is 18.2 Å². The van der Waals surface area contributed by atoms with E-state index in [1.54, 1.807) is 25.3 Å². The third-order valence-corrected chi connectivity index (χ3v) is 4.29. The van der Waals surface area contributed by atoms with E-state index in [0.717, 1.165) is 39.8 Å². The maximum atomic E-state index is 11.2. The van der Waals surface area contributed by atoms with Gasteiger partial charge in [0.1, 0.15) is 5.75 Å². The van der Waals surface area contributed by atoms with E-state index in [2.05, 4.69) is 23.2 Å². The largest absolute Gasteiger partial charge is 0.493 e. The fourth-order valence-electron chi connectivity index (χ4n) is 3.01. The molecule has 2 heterocycles. The topological polar surface area (TPSA) is 68.2 Å². The number of ether oxygens (including phenoxy) is 1. The Labute approximate surface area is 144 Å². The minimum Gasteiger partial charge on any atom is -0.493 e. The standard InChI is InChI=1S/C20H15N2O3/c1-13-9-18-17(11-19(13)22(23)24)16(12-21-18)6-4-14-5-7-20-15(10-14)3-2-8-25-20/h3,5,7,9-12,21H,2,8H2,1H3. The summed E-state index contributed by atoms with van der Waals surface area (Å²) in [5.41, 5.74) is 4.27. The Balaban J connectivity index is 1.73. The average Bonchev–Trinajstić information content (AvgIpc) is 3.00. The predicted molar refractivity (Wildman–Crippen MR) is 95.6 cm³/mol. The number of aromatic amines is 1. The van der Waals surface area contributed by atoms with Gasteiger partial charge in [-0.2, -0.15) is 0 Å². The number of fused-ring (bicyclic) bond motifs is 2. The van der Waals surface area contributed by atoms with Crippen LogP contribution in [0.3, 0.4) is 0 Å². The van der Waals surface area contributed by atoms with E-state index in [1.165, 1.54) is 0 Å². The number of nitrogens with one attached hydrogen (secondary N) is 1. The number of rotatable bonds is 1. The van der Waals surface area contributed by atoms with Crippen LogP contribution >= 0.6 is 0 Å². The third-order valence-electron chi connectivity index (χ3n) is 4.29. The third kappa shape index (κ3) is 2.83. The van der Waals surface area contributed by atoms with Crippen LogP contribution in [-0.4, -0.2) is 16.5 Å². The van der Waals surface area contributed by atoms with Crippen molar-refractivity contribution in [2.45, 2.75) is 13.3 Å². The maximum Gasteiger partial charge on any atom is 0.273 e. The Bertz CT molecular complexity index is 1050. The van der Waals surface area contributed by atoms with Crippen LogP contribution in [0.2, 0.25) is 0 Å². The fraction of sp³-hybridized carbons (Fsp3) is 0.150. The molecular weight excluding hydrogens is 316 g/mol. The van der Waals surface area contributed by atoms with Crippen LogP contribution in [0, 0.1) is 35.3 Å². The van der Waals surface area contributed by atoms with Crippen molar-refractivity contribution in [1.82, 2.24) is 4.98 Å². The molecule has 2 aromatic carbocycles. The first-order valence-electron chi connectivity index (χ1n) is 8.00. The van der Waals surface area contributed by atoms with Crippen LogP contribution in [0.5, 0.6) is 5.75 Å². The van der Waals surface area contributed by atoms with Crippen LogP contribution in [0.25, 0.3) is 10.9 Å². The van der Waals surface area contributed by atoms with Gasteiger partial charge in [0.15, 0.2) is 0 Å². The van der Waals surface area contributed by atoms with Gasteiger partial charge in [-0.05, 0) is 49.6 Å². The van der Waals surface area contributed by atoms with Gasteiger partial charge in [0, 0.05) is 34.3 Å². The molecule has 0 unspecified atom stereocenters. The number of nitro groups is 1. The fourth-order valence-corrected chi connectivity index (χ4v) is 3.01. The molecule has 3 aromatic rings. The molecule has 25 heavy (non-hydrogen) atoms. The SMILES string of the molecule is Cc1cc2[nH]cc(C#Cc3ccc4c(c3)[CH]CCO4)c2cc1[N+](=O)[O-]. The summed E-state index contributed by atoms with van der Waals surface area (Å²) in [7, 11) is 0. The molecule has 0 saturated carbocycles. The molecule has 1 radical (unpaired) electrons. The summed E-state index contributed by atoms with van der Waals surface area (Å²) in [6, 6.07) is 9.22. The molecule has 5 heteroatoms. The van der Waals surface area contributed by atoms with Crippen molar-refractivity contribution < 1.29 is 9.66 Å². The Morgan fingerprint density at radius 2 is 2.12 bits per heavy atom. The zero-order valence-corrected chi connectivity index (χ0v) is 13.6. The zero-order chi connectivity index (χ0) is 17.4. The van der Waals surface area contributed by atoms with Crippen LogP contribution in [0.15, 0.2) is 36.5 Å². The molecule has 1 N–H and O–H groups in total. The second kappa shape index (κ2) is 5.99. The van der Waals surface area contributed by atoms with Gasteiger partial charge < -0.3 is 9.72 Å². The molecule has 0 spiro atoms. The van der Waals surface area contributed by atoms with Crippen molar-refractivity contribution in [2.24, 2.45) is 0 Å². The summed E-state index contributed by atoms with van der Waals surface area (Å²) in [6.07, 6.45) is 4.83. The van der Waals surface area contributed by atoms with Gasteiger partial charge in [-0.25, -0.2) is 0 Å². The highest BCUT2D eigenvalue weighted by atomic mass is 16.6. The van der Waals surface area contributed by atoms with Gasteiger partial charge in [0.25, 0.3) is 5.69 Å². The van der Waals surface area contributed by atoms with Crippen molar-refractivity contribution in [3.05, 3.63) is 75.3 Å². The molecule has 0 amide bonds. The van der Waals surface area contributed by atoms with Crippen molar-refractivity contribution in [2.75, 3.05) is 6.61 Å². The summed E-state index contributed by atoms with van der Waals surface area (Å²) in [5.74, 6) is 7.14. The van der Waals surface area contributed by atoms with Gasteiger partial charge in [0.2, 0.25) is 0 Å². The first-order chi connectivity index (χ1) is 12.1. The normalized spacial score (nSPS) is 12.8. The zero-order valence-electron chi connectivity index (χ0n) is 13.6. The summed E-state index contributed by atoms with van der Waals surface area (Å²) in [5, 5.41) is 11.9. The Kier molecular flexibility index (Phi) is 3.66. The number of H-pyrrole nitrogens is 1. The number of benzene rings is 2. The van der Waals surface area contributed by atoms with E-state index in [0.29, 0.717) is 12.2 Å². The number of hydrogen-bond acceptors (Lipinski definition) is 3. The lowest BCUT2D eigenvalue weighted by molar-refractivity contribution is -0.385. The first kappa shape index (κ1) is 15.3. The van der Waals surface area contributed by atoms with Gasteiger partial charge in [-0.15, -0.1) is 0 Å². The summed E-state index contributed by atoms with van der Waals surface area (Å²) in [6.45, 7) is 2.45. The number of hydrogen-bond donors (Lipinski definition) is 1. The van der Waals surface area contributed by atoms with Gasteiger partial charge >= 0.3 is 0 Å². The number of nitro benzene ring substituents is 1. The van der Waals surface area contributed by atoms with Crippen molar-refractivity contribution in [1.29, 1.82) is 0 Å². The molecule has 0 saturated heterocycles. The lowest BCUT2D eigenvalue weighted by Gasteiger charge is -2.16. The molecule has 1 aromatic heterocycles. The first-order valence-corrected chi connectivity index (χ1v) is 8.00. The molecule has 1 aliphatic rings. The highest BCUT2D eigenvalue weighted by Crippen LogP contribution is 2.28. The van der Waals surface area contributed by atoms with E-state index < -0.39 is 0 Å². The van der Waals surface area contributed by atoms with Crippen LogP contribution in [0.4, 0.5) is 5.69 Å². The van der Waals surface area contributed by atoms with Crippen LogP contribution in [-0.2, 0) is 0 Å². The molecule has 4 rings (SSSR count). The van der Waals surface area contributed by atoms with E-state index in [4.69, 9.17) is 4.74 Å². The lowest BCUT2D eigenvalue weighted by atomic mass is 10.0. The highest BCUT2D eigenvalue weighted by molar-refractivity contribution is 5.89. The Hall–Kier alpha value is -3.26. The highest BCUT2D eigenvalue weighted by Gasteiger charge is 2.14. The second-order valence-corrected chi connectivity index (χ2v) is 5.99. The monoisotopic (exact) mass is 331 g/mol. The number of nitrogens with zero attached hydrogens (tertiary/aromatic N) is 1. The Morgan fingerprint density at radius 1 is 1.24 bits per heavy atom. The lowest BCUT2D eigenvalue weighted by Crippen LogP contribution is -2.06. The van der Waals surface area contributed by atoms with Crippen molar-refractivity contribution in [3.8, 4) is 17.6 Å². The maximum absolute atomic E-state index is 11.2. The summed E-state index contributed by atoms with van der Waals surface area (Å²) >= 11 is 0. The van der Waals surface area contributed by atoms with Gasteiger partial charge in [-0.3, -0.25) is 10.1 Å². The van der Waals surface area contributed by atoms with Crippen LogP contribution in [0.1, 0.15) is 28.7 Å². The van der Waals surface area contributed by atoms with E-state index in [9.17, 15) is 10.1 Å². The van der Waals surface area contributed by atoms with E-state index >= 15 is 0 Å². The van der Waals surface area contributed by atoms with Gasteiger partial charge in [-0.1, -0.05) is 11.8 Å². The average molecular weight is 331 g/mol. The molecular formula is C20H15N2O3. The molecule has 0 bridgehead atoms. The van der Waals surface area contributed by atoms with Crippen molar-refractivity contribution >= 4 is 16.6 Å². The Morgan fingerprint density at radius 3 is 2.96 bits per heavy atom. The quantitative estimate of drug-likeness (QED) is 0.414. The van der Waals surface area contributed by atoms with Gasteiger partial charge in [0.05, 0.1) is 17.1 Å². The molecule has 0 atom stereocenters.